The van der Waals surface area contributed by atoms with E-state index in [-0.39, 0.29) is 22.2 Å². The minimum Gasteiger partial charge on any atom is -0.384 e. The minimum absolute atomic E-state index is 0.143. The van der Waals surface area contributed by atoms with E-state index >= 15 is 0 Å². The van der Waals surface area contributed by atoms with Crippen LogP contribution in [0.5, 0.6) is 0 Å². The molecular weight excluding hydrogens is 329 g/mol. The molecule has 0 radical (unpaired) electrons. The average Bonchev–Trinajstić information content (AvgIpc) is 2.37. The quantitative estimate of drug-likeness (QED) is 0.612. The number of nitrogens with zero attached hydrogens (tertiary/aromatic N) is 1. The maximum atomic E-state index is 14.3. The third-order valence-electron chi connectivity index (χ3n) is 3.13. The Hall–Kier alpha value is -0.750. The minimum atomic E-state index is -0.369. The Morgan fingerprint density at radius 2 is 2.21 bits per heavy atom. The second-order valence-corrected chi connectivity index (χ2v) is 6.19. The van der Waals surface area contributed by atoms with Gasteiger partial charge in [0, 0.05) is 18.7 Å². The number of hydrogen-bond acceptors (Lipinski definition) is 3. The third kappa shape index (κ3) is 3.86. The van der Waals surface area contributed by atoms with Gasteiger partial charge in [-0.05, 0) is 53.4 Å². The van der Waals surface area contributed by atoms with E-state index in [4.69, 9.17) is 11.1 Å². The van der Waals surface area contributed by atoms with E-state index in [0.717, 1.165) is 12.2 Å². The molecule has 3 N–H and O–H groups in total. The Labute approximate surface area is 126 Å². The van der Waals surface area contributed by atoms with Crippen molar-refractivity contribution in [2.45, 2.75) is 19.4 Å². The van der Waals surface area contributed by atoms with Crippen molar-refractivity contribution in [1.29, 1.82) is 5.41 Å². The van der Waals surface area contributed by atoms with Gasteiger partial charge in [-0.15, -0.1) is 0 Å². The zero-order valence-electron chi connectivity index (χ0n) is 11.3. The smallest absolute Gasteiger partial charge is 0.161 e. The SMILES string of the molecule is CSCCC(C)N(C)c1ccc(C(=N)N)c(Br)c1F. The van der Waals surface area contributed by atoms with E-state index in [1.807, 2.05) is 11.9 Å². The molecule has 0 spiro atoms. The molecule has 1 unspecified atom stereocenters. The number of hydrogen-bond donors (Lipinski definition) is 2. The molecule has 106 valence electrons. The monoisotopic (exact) mass is 347 g/mol. The van der Waals surface area contributed by atoms with E-state index < -0.39 is 0 Å². The lowest BCUT2D eigenvalue weighted by molar-refractivity contribution is 0.595. The predicted molar refractivity (Wildman–Crippen MR) is 86.0 cm³/mol. The van der Waals surface area contributed by atoms with E-state index in [2.05, 4.69) is 29.1 Å². The molecule has 1 aromatic carbocycles. The number of nitrogen functional groups attached to an aromatic ring is 1. The molecule has 19 heavy (non-hydrogen) atoms. The lowest BCUT2D eigenvalue weighted by Crippen LogP contribution is -2.30. The van der Waals surface area contributed by atoms with Crippen molar-refractivity contribution in [2.24, 2.45) is 5.73 Å². The number of nitrogens with two attached hydrogens (primary N) is 1. The maximum Gasteiger partial charge on any atom is 0.161 e. The molecular formula is C13H19BrFN3S. The first-order chi connectivity index (χ1) is 8.90. The van der Waals surface area contributed by atoms with E-state index in [1.165, 1.54) is 0 Å². The lowest BCUT2D eigenvalue weighted by atomic mass is 10.1. The molecule has 6 heteroatoms. The summed E-state index contributed by atoms with van der Waals surface area (Å²) in [4.78, 5) is 1.92. The first kappa shape index (κ1) is 16.3. The Balaban J connectivity index is 3.02. The van der Waals surface area contributed by atoms with Crippen LogP contribution in [-0.4, -0.2) is 30.9 Å². The molecule has 3 nitrogen and oxygen atoms in total. The highest BCUT2D eigenvalue weighted by Gasteiger charge is 2.18. The highest BCUT2D eigenvalue weighted by atomic mass is 79.9. The van der Waals surface area contributed by atoms with Gasteiger partial charge in [0.15, 0.2) is 5.82 Å². The summed E-state index contributed by atoms with van der Waals surface area (Å²) in [5.74, 6) is 0.529. The molecule has 0 aliphatic heterocycles. The summed E-state index contributed by atoms with van der Waals surface area (Å²) in [6.07, 6.45) is 3.05. The maximum absolute atomic E-state index is 14.3. The van der Waals surface area contributed by atoms with Gasteiger partial charge in [-0.25, -0.2) is 4.39 Å². The summed E-state index contributed by atoms with van der Waals surface area (Å²) in [5, 5.41) is 7.39. The van der Waals surface area contributed by atoms with Gasteiger partial charge in [-0.2, -0.15) is 11.8 Å². The Morgan fingerprint density at radius 1 is 1.58 bits per heavy atom. The zero-order chi connectivity index (χ0) is 14.6. The number of anilines is 1. The number of rotatable bonds is 6. The van der Waals surface area contributed by atoms with Crippen LogP contribution in [0.1, 0.15) is 18.9 Å². The van der Waals surface area contributed by atoms with Crippen molar-refractivity contribution in [3.63, 3.8) is 0 Å². The first-order valence-corrected chi connectivity index (χ1v) is 8.13. The number of nitrogens with one attached hydrogen (secondary N) is 1. The van der Waals surface area contributed by atoms with Crippen LogP contribution >= 0.6 is 27.7 Å². The highest BCUT2D eigenvalue weighted by molar-refractivity contribution is 9.10. The van der Waals surface area contributed by atoms with Crippen molar-refractivity contribution in [1.82, 2.24) is 0 Å². The Bertz CT molecular complexity index is 467. The van der Waals surface area contributed by atoms with Crippen LogP contribution in [0, 0.1) is 11.2 Å². The normalized spacial score (nSPS) is 12.3. The topological polar surface area (TPSA) is 53.1 Å². The molecule has 0 saturated carbocycles. The van der Waals surface area contributed by atoms with Gasteiger partial charge in [-0.1, -0.05) is 0 Å². The molecule has 0 heterocycles. The summed E-state index contributed by atoms with van der Waals surface area (Å²) in [5.41, 5.74) is 6.31. The van der Waals surface area contributed by atoms with Crippen LogP contribution in [0.25, 0.3) is 0 Å². The molecule has 0 fully saturated rings. The van der Waals surface area contributed by atoms with Gasteiger partial charge in [-0.3, -0.25) is 5.41 Å². The fourth-order valence-corrected chi connectivity index (χ4v) is 2.86. The fraction of sp³-hybridized carbons (Fsp3) is 0.462. The summed E-state index contributed by atoms with van der Waals surface area (Å²) < 4.78 is 14.6. The van der Waals surface area contributed by atoms with Gasteiger partial charge in [0.2, 0.25) is 0 Å². The Morgan fingerprint density at radius 3 is 2.74 bits per heavy atom. The molecule has 0 saturated heterocycles. The van der Waals surface area contributed by atoms with Crippen LogP contribution in [0.4, 0.5) is 10.1 Å². The molecule has 1 atom stereocenters. The summed E-state index contributed by atoms with van der Waals surface area (Å²) >= 11 is 4.96. The number of halogens is 2. The lowest BCUT2D eigenvalue weighted by Gasteiger charge is -2.28. The molecule has 1 rings (SSSR count). The van der Waals surface area contributed by atoms with Crippen molar-refractivity contribution in [2.75, 3.05) is 24.0 Å². The zero-order valence-corrected chi connectivity index (χ0v) is 13.7. The van der Waals surface area contributed by atoms with Gasteiger partial charge >= 0.3 is 0 Å². The standard InChI is InChI=1S/C13H19BrFN3S/c1-8(6-7-19-3)18(2)10-5-4-9(13(16)17)11(14)12(10)15/h4-5,8H,6-7H2,1-3H3,(H3,16,17). The number of amidine groups is 1. The van der Waals surface area contributed by atoms with Crippen LogP contribution < -0.4 is 10.6 Å². The first-order valence-electron chi connectivity index (χ1n) is 5.94. The predicted octanol–water partition coefficient (Wildman–Crippen LogP) is 3.45. The van der Waals surface area contributed by atoms with Crippen molar-refractivity contribution >= 4 is 39.2 Å². The van der Waals surface area contributed by atoms with Gasteiger partial charge in [0.1, 0.15) is 5.84 Å². The molecule has 0 bridgehead atoms. The van der Waals surface area contributed by atoms with Crippen molar-refractivity contribution in [3.05, 3.63) is 28.0 Å². The third-order valence-corrected chi connectivity index (χ3v) is 4.55. The van der Waals surface area contributed by atoms with Crippen LogP contribution in [0.15, 0.2) is 16.6 Å². The van der Waals surface area contributed by atoms with Gasteiger partial charge < -0.3 is 10.6 Å². The number of benzene rings is 1. The average molecular weight is 348 g/mol. The van der Waals surface area contributed by atoms with Crippen LogP contribution in [0.3, 0.4) is 0 Å². The van der Waals surface area contributed by atoms with Gasteiger partial charge in [0.05, 0.1) is 10.2 Å². The molecule has 0 aromatic heterocycles. The summed E-state index contributed by atoms with van der Waals surface area (Å²) in [6.45, 7) is 2.07. The van der Waals surface area contributed by atoms with E-state index in [9.17, 15) is 4.39 Å². The molecule has 0 amide bonds. The molecule has 1 aromatic rings. The van der Waals surface area contributed by atoms with E-state index in [0.29, 0.717) is 11.3 Å². The van der Waals surface area contributed by atoms with Crippen molar-refractivity contribution in [3.8, 4) is 0 Å². The number of thioether (sulfide) groups is 1. The largest absolute Gasteiger partial charge is 0.384 e. The highest BCUT2D eigenvalue weighted by Crippen LogP contribution is 2.30. The second kappa shape index (κ2) is 7.14. The van der Waals surface area contributed by atoms with Crippen LogP contribution in [0.2, 0.25) is 0 Å². The Kier molecular flexibility index (Phi) is 6.13. The fourth-order valence-electron chi connectivity index (χ4n) is 1.74. The molecule has 0 aliphatic carbocycles. The molecule has 0 aliphatic rings. The summed E-state index contributed by atoms with van der Waals surface area (Å²) in [6, 6.07) is 3.59. The van der Waals surface area contributed by atoms with Gasteiger partial charge in [0.25, 0.3) is 0 Å². The van der Waals surface area contributed by atoms with Crippen LogP contribution in [-0.2, 0) is 0 Å². The second-order valence-electron chi connectivity index (χ2n) is 4.42. The summed E-state index contributed by atoms with van der Waals surface area (Å²) in [7, 11) is 1.88. The van der Waals surface area contributed by atoms with Crippen molar-refractivity contribution < 1.29 is 4.39 Å². The van der Waals surface area contributed by atoms with E-state index in [1.54, 1.807) is 23.9 Å².